The van der Waals surface area contributed by atoms with Crippen molar-refractivity contribution in [2.75, 3.05) is 19.4 Å². The molecular formula is C35H41N5O8. The van der Waals surface area contributed by atoms with Gasteiger partial charge in [0.05, 0.1) is 41.4 Å². The van der Waals surface area contributed by atoms with Crippen molar-refractivity contribution < 1.29 is 39.3 Å². The molecule has 13 heteroatoms. The van der Waals surface area contributed by atoms with Crippen molar-refractivity contribution in [3.8, 4) is 5.75 Å². The molecule has 1 amide bonds. The molecule has 48 heavy (non-hydrogen) atoms. The van der Waals surface area contributed by atoms with Gasteiger partial charge in [-0.2, -0.15) is 0 Å². The highest BCUT2D eigenvalue weighted by Crippen LogP contribution is 2.60. The number of benzene rings is 1. The number of ketones is 4. The van der Waals surface area contributed by atoms with Crippen molar-refractivity contribution >= 4 is 40.7 Å². The van der Waals surface area contributed by atoms with Crippen LogP contribution in [0, 0.1) is 47.3 Å². The van der Waals surface area contributed by atoms with E-state index in [9.17, 15) is 39.3 Å². The molecule has 13 nitrogen and oxygen atoms in total. The molecule has 6 fully saturated rings. The lowest BCUT2D eigenvalue weighted by Crippen LogP contribution is -2.77. The first-order valence-corrected chi connectivity index (χ1v) is 16.9. The number of nitrogens with two attached hydrogens (primary N) is 1. The Morgan fingerprint density at radius 2 is 1.69 bits per heavy atom. The predicted molar refractivity (Wildman–Crippen MR) is 169 cm³/mol. The number of rotatable bonds is 5. The van der Waals surface area contributed by atoms with Gasteiger partial charge in [0.25, 0.3) is 0 Å². The minimum atomic E-state index is -3.04. The molecule has 0 radical (unpaired) electrons. The minimum absolute atomic E-state index is 0.167. The number of phenolic OH excluding ortho intramolecular Hbond substituents is 1. The summed E-state index contributed by atoms with van der Waals surface area (Å²) in [5.74, 6) is -9.82. The number of nitrogens with zero attached hydrogens (tertiary/aromatic N) is 2. The normalized spacial score (nSPS) is 41.3. The molecule has 0 saturated heterocycles. The molecule has 9 rings (SSSR count). The topological polar surface area (TPSA) is 216 Å². The second kappa shape index (κ2) is 10.5. The molecule has 7 aliphatic rings. The number of aromatic amines is 1. The van der Waals surface area contributed by atoms with E-state index >= 15 is 0 Å². The van der Waals surface area contributed by atoms with Gasteiger partial charge in [-0.3, -0.25) is 28.9 Å². The first kappa shape index (κ1) is 31.3. The number of nitrogens with one attached hydrogen (secondary N) is 2. The lowest BCUT2D eigenvalue weighted by Gasteiger charge is -2.56. The van der Waals surface area contributed by atoms with Gasteiger partial charge < -0.3 is 31.4 Å². The molecule has 1 aromatic heterocycles. The molecule has 7 N–H and O–H groups in total. The van der Waals surface area contributed by atoms with Crippen LogP contribution in [0.2, 0.25) is 0 Å². The van der Waals surface area contributed by atoms with Crippen molar-refractivity contribution in [2.24, 2.45) is 53.1 Å². The zero-order valence-electron chi connectivity index (χ0n) is 27.1. The summed E-state index contributed by atoms with van der Waals surface area (Å²) in [5.41, 5.74) is 3.78. The third kappa shape index (κ3) is 4.07. The number of carbonyl (C=O) groups excluding carboxylic acids is 5. The number of H-pyrrole nitrogens is 1. The van der Waals surface area contributed by atoms with Crippen LogP contribution in [0.1, 0.15) is 72.5 Å². The van der Waals surface area contributed by atoms with E-state index in [1.54, 1.807) is 19.1 Å². The number of imidazole rings is 1. The van der Waals surface area contributed by atoms with E-state index in [-0.39, 0.29) is 11.3 Å². The van der Waals surface area contributed by atoms with Crippen molar-refractivity contribution in [3.63, 3.8) is 0 Å². The van der Waals surface area contributed by atoms with E-state index < -0.39 is 82.1 Å². The number of aromatic hydroxyl groups is 1. The summed E-state index contributed by atoms with van der Waals surface area (Å²) in [7, 11) is 2.92. The monoisotopic (exact) mass is 659 g/mol. The molecule has 254 valence electrons. The van der Waals surface area contributed by atoms with Gasteiger partial charge >= 0.3 is 0 Å². The first-order valence-electron chi connectivity index (χ1n) is 16.9. The lowest BCUT2D eigenvalue weighted by molar-refractivity contribution is -0.196. The van der Waals surface area contributed by atoms with E-state index in [0.717, 1.165) is 17.5 Å². The zero-order valence-corrected chi connectivity index (χ0v) is 27.1. The molecule has 1 aromatic carbocycles. The van der Waals surface area contributed by atoms with E-state index in [0.29, 0.717) is 29.3 Å². The number of fused-ring (bicyclic) bond motifs is 3. The van der Waals surface area contributed by atoms with Gasteiger partial charge in [0.15, 0.2) is 34.7 Å². The standard InChI is InChI=1S/C35H41N5O8/c1-12-17-4-5-18(38-34-37-11-19(39-34)21-15-7-13-6-14(9-15)10-16(21)8-13)27(41)22(17)28(42)23-20(12)29(43)25-26(40(2)3)30(44)24(33(36)47)32(46)35(25,48)31(23)45/h4-5,11-16,20-21,23-26,29,41,43,48H,6-10H2,1-3H3,(H2,36,47)(H2,37,38,39)/t12-,13?,14?,15?,16?,20+,21?,23?,24?,25+,26-,29-,35-/m0/s1. The second-order valence-electron chi connectivity index (χ2n) is 15.6. The molecule has 8 atom stereocenters. The number of hydrogen-bond acceptors (Lipinski definition) is 11. The summed E-state index contributed by atoms with van der Waals surface area (Å²) >= 11 is 0. The minimum Gasteiger partial charge on any atom is -0.505 e. The third-order valence-corrected chi connectivity index (χ3v) is 12.9. The Labute approximate surface area is 276 Å². The summed E-state index contributed by atoms with van der Waals surface area (Å²) in [6.45, 7) is 1.68. The molecule has 7 aliphatic carbocycles. The number of phenols is 1. The Bertz CT molecular complexity index is 1760. The predicted octanol–water partition coefficient (Wildman–Crippen LogP) is 1.41. The van der Waals surface area contributed by atoms with Crippen LogP contribution in [0.3, 0.4) is 0 Å². The van der Waals surface area contributed by atoms with Gasteiger partial charge in [-0.1, -0.05) is 13.0 Å². The van der Waals surface area contributed by atoms with Crippen LogP contribution >= 0.6 is 0 Å². The van der Waals surface area contributed by atoms with Crippen LogP contribution in [0.15, 0.2) is 18.3 Å². The van der Waals surface area contributed by atoms with Crippen LogP contribution < -0.4 is 11.1 Å². The maximum atomic E-state index is 14.2. The molecule has 2 unspecified atom stereocenters. The highest BCUT2D eigenvalue weighted by Gasteiger charge is 2.73. The summed E-state index contributed by atoms with van der Waals surface area (Å²) in [5, 5.41) is 38.3. The number of amides is 1. The quantitative estimate of drug-likeness (QED) is 0.199. The van der Waals surface area contributed by atoms with E-state index in [4.69, 9.17) is 5.73 Å². The molecule has 0 aliphatic heterocycles. The third-order valence-electron chi connectivity index (χ3n) is 12.9. The van der Waals surface area contributed by atoms with E-state index in [2.05, 4.69) is 15.3 Å². The van der Waals surface area contributed by atoms with Gasteiger partial charge in [-0.25, -0.2) is 4.98 Å². The Hall–Kier alpha value is -3.94. The number of hydrogen-bond donors (Lipinski definition) is 6. The number of Topliss-reactive ketones (excluding diaryl/α,β-unsaturated/α-hetero) is 4. The van der Waals surface area contributed by atoms with Crippen molar-refractivity contribution in [3.05, 3.63) is 35.2 Å². The maximum Gasteiger partial charge on any atom is 0.235 e. The molecular weight excluding hydrogens is 618 g/mol. The van der Waals surface area contributed by atoms with Gasteiger partial charge in [0.1, 0.15) is 5.75 Å². The highest BCUT2D eigenvalue weighted by atomic mass is 16.3. The fraction of sp³-hybridized carbons (Fsp3) is 0.600. The van der Waals surface area contributed by atoms with Crippen molar-refractivity contribution in [2.45, 2.75) is 68.6 Å². The molecule has 6 saturated carbocycles. The fourth-order valence-electron chi connectivity index (χ4n) is 11.2. The van der Waals surface area contributed by atoms with Crippen LogP contribution in [-0.4, -0.2) is 91.1 Å². The first-order chi connectivity index (χ1) is 22.7. The summed E-state index contributed by atoms with van der Waals surface area (Å²) < 4.78 is 0. The zero-order chi connectivity index (χ0) is 34.1. The average molecular weight is 660 g/mol. The number of likely N-dealkylation sites (N-methyl/N-ethyl adjacent to an activating group) is 1. The van der Waals surface area contributed by atoms with Crippen LogP contribution in [0.4, 0.5) is 11.6 Å². The van der Waals surface area contributed by atoms with Crippen LogP contribution in [0.25, 0.3) is 0 Å². The van der Waals surface area contributed by atoms with Gasteiger partial charge in [0, 0.05) is 17.5 Å². The van der Waals surface area contributed by atoms with Crippen molar-refractivity contribution in [1.29, 1.82) is 0 Å². The maximum absolute atomic E-state index is 14.2. The lowest BCUT2D eigenvalue weighted by atomic mass is 9.49. The average Bonchev–Trinajstić information content (AvgIpc) is 3.47. The SMILES string of the molecule is C[C@H]1c2ccc(Nc3ncc(C4C5CC6CC(C5)CC4C6)[nH]3)c(O)c2C(=O)C2C(=O)[C@]3(O)C(=O)C(C(N)=O)C(=O)[C@@H](N(C)C)[C@@H]3[C@@H](O)[C@@H]21. The number of anilines is 2. The Morgan fingerprint density at radius 3 is 2.29 bits per heavy atom. The van der Waals surface area contributed by atoms with Crippen molar-refractivity contribution in [1.82, 2.24) is 14.9 Å². The highest BCUT2D eigenvalue weighted by molar-refractivity contribution is 6.32. The van der Waals surface area contributed by atoms with E-state index in [1.807, 2.05) is 6.20 Å². The molecule has 0 spiro atoms. The largest absolute Gasteiger partial charge is 0.505 e. The van der Waals surface area contributed by atoms with Gasteiger partial charge in [-0.05, 0) is 87.4 Å². The molecule has 1 heterocycles. The molecule has 2 aromatic rings. The Morgan fingerprint density at radius 1 is 1.04 bits per heavy atom. The summed E-state index contributed by atoms with van der Waals surface area (Å²) in [4.78, 5) is 76.9. The van der Waals surface area contributed by atoms with Crippen LogP contribution in [0.5, 0.6) is 5.75 Å². The number of aromatic nitrogens is 2. The van der Waals surface area contributed by atoms with Gasteiger partial charge in [-0.15, -0.1) is 0 Å². The Kier molecular flexibility index (Phi) is 6.87. The fourth-order valence-corrected chi connectivity index (χ4v) is 11.2. The summed E-state index contributed by atoms with van der Waals surface area (Å²) in [6.07, 6.45) is 6.51. The smallest absolute Gasteiger partial charge is 0.235 e. The Balaban J connectivity index is 1.13. The number of aliphatic hydroxyl groups is 2. The van der Waals surface area contributed by atoms with Gasteiger partial charge in [0.2, 0.25) is 11.9 Å². The second-order valence-corrected chi connectivity index (χ2v) is 15.6. The number of primary amides is 1. The van der Waals surface area contributed by atoms with E-state index in [1.165, 1.54) is 51.1 Å². The van der Waals surface area contributed by atoms with Crippen LogP contribution in [-0.2, 0) is 19.2 Å². The molecule has 4 bridgehead atoms. The summed E-state index contributed by atoms with van der Waals surface area (Å²) in [6, 6.07) is 1.83. The number of carbonyl (C=O) groups is 5. The number of aliphatic hydroxyl groups excluding tert-OH is 1.